The van der Waals surface area contributed by atoms with Gasteiger partial charge in [0.15, 0.2) is 5.78 Å². The highest BCUT2D eigenvalue weighted by Gasteiger charge is 2.09. The van der Waals surface area contributed by atoms with Crippen LogP contribution in [-0.2, 0) is 5.75 Å². The summed E-state index contributed by atoms with van der Waals surface area (Å²) in [5.74, 6) is 0.232. The molecule has 1 heterocycles. The van der Waals surface area contributed by atoms with Crippen LogP contribution in [0.15, 0.2) is 45.7 Å². The molecule has 1 aromatic heterocycles. The van der Waals surface area contributed by atoms with E-state index in [0.717, 1.165) is 23.3 Å². The number of rotatable bonds is 8. The average Bonchev–Trinajstić information content (AvgIpc) is 3.00. The van der Waals surface area contributed by atoms with E-state index in [-0.39, 0.29) is 11.5 Å². The number of carbonyl (C=O) groups excluding carboxylic acids is 1. The number of carboxylic acids is 1. The zero-order valence-corrected chi connectivity index (χ0v) is 13.2. The number of unbranched alkanes of at least 4 members (excludes halogenated alkanes) is 1. The molecule has 0 fully saturated rings. The van der Waals surface area contributed by atoms with Crippen molar-refractivity contribution < 1.29 is 19.1 Å². The lowest BCUT2D eigenvalue weighted by atomic mass is 10.1. The molecule has 0 atom stereocenters. The molecule has 1 aromatic carbocycles. The Labute approximate surface area is 133 Å². The van der Waals surface area contributed by atoms with Gasteiger partial charge < -0.3 is 9.52 Å². The van der Waals surface area contributed by atoms with Crippen LogP contribution in [0.2, 0.25) is 0 Å². The molecule has 4 nitrogen and oxygen atoms in total. The monoisotopic (exact) mass is 318 g/mol. The van der Waals surface area contributed by atoms with E-state index < -0.39 is 5.97 Å². The average molecular weight is 318 g/mol. The number of thioether (sulfide) groups is 1. The van der Waals surface area contributed by atoms with Gasteiger partial charge in [0.25, 0.3) is 0 Å². The van der Waals surface area contributed by atoms with Gasteiger partial charge in [-0.25, -0.2) is 4.79 Å². The first kappa shape index (κ1) is 16.4. The van der Waals surface area contributed by atoms with Crippen molar-refractivity contribution in [2.45, 2.75) is 36.8 Å². The topological polar surface area (TPSA) is 67.5 Å². The Balaban J connectivity index is 1.90. The molecule has 0 aliphatic rings. The molecular formula is C17H18O4S. The van der Waals surface area contributed by atoms with Crippen molar-refractivity contribution in [3.05, 3.63) is 53.5 Å². The number of aromatic carboxylic acids is 1. The number of hydrogen-bond acceptors (Lipinski definition) is 4. The van der Waals surface area contributed by atoms with E-state index in [1.54, 1.807) is 6.07 Å². The first-order chi connectivity index (χ1) is 10.6. The Bertz CT molecular complexity index is 643. The summed E-state index contributed by atoms with van der Waals surface area (Å²) in [4.78, 5) is 23.6. The highest BCUT2D eigenvalue weighted by atomic mass is 32.2. The fourth-order valence-corrected chi connectivity index (χ4v) is 2.74. The van der Waals surface area contributed by atoms with Gasteiger partial charge in [0, 0.05) is 16.9 Å². The van der Waals surface area contributed by atoms with Crippen molar-refractivity contribution in [2.24, 2.45) is 0 Å². The van der Waals surface area contributed by atoms with Crippen LogP contribution in [0.4, 0.5) is 0 Å². The summed E-state index contributed by atoms with van der Waals surface area (Å²) in [5.41, 5.74) is 0.740. The van der Waals surface area contributed by atoms with Crippen LogP contribution >= 0.6 is 11.8 Å². The summed E-state index contributed by atoms with van der Waals surface area (Å²) in [5, 5.41) is 8.79. The standard InChI is InChI=1S/C17H18O4S/c1-2-3-4-15(18)12-5-8-14(9-6-12)22-11-13-7-10-16(21-13)17(19)20/h5-10H,2-4,11H2,1H3,(H,19,20). The van der Waals surface area contributed by atoms with E-state index in [2.05, 4.69) is 6.92 Å². The van der Waals surface area contributed by atoms with Gasteiger partial charge in [0.1, 0.15) is 5.76 Å². The van der Waals surface area contributed by atoms with Gasteiger partial charge in [-0.2, -0.15) is 0 Å². The normalized spacial score (nSPS) is 10.6. The minimum absolute atomic E-state index is 0.0486. The van der Waals surface area contributed by atoms with Crippen molar-refractivity contribution in [3.8, 4) is 0 Å². The zero-order valence-electron chi connectivity index (χ0n) is 12.4. The van der Waals surface area contributed by atoms with Crippen molar-refractivity contribution >= 4 is 23.5 Å². The summed E-state index contributed by atoms with van der Waals surface area (Å²) in [7, 11) is 0. The second-order valence-corrected chi connectivity index (χ2v) is 5.96. The molecule has 2 rings (SSSR count). The van der Waals surface area contributed by atoms with Gasteiger partial charge in [0.2, 0.25) is 5.76 Å². The van der Waals surface area contributed by atoms with Crippen molar-refractivity contribution in [1.29, 1.82) is 0 Å². The highest BCUT2D eigenvalue weighted by Crippen LogP contribution is 2.24. The first-order valence-electron chi connectivity index (χ1n) is 7.18. The highest BCUT2D eigenvalue weighted by molar-refractivity contribution is 7.98. The first-order valence-corrected chi connectivity index (χ1v) is 8.16. The van der Waals surface area contributed by atoms with Crippen LogP contribution in [0.25, 0.3) is 0 Å². The molecule has 0 saturated carbocycles. The fourth-order valence-electron chi connectivity index (χ4n) is 1.94. The summed E-state index contributed by atoms with van der Waals surface area (Å²) in [6.07, 6.45) is 2.52. The number of carboxylic acid groups (broad SMARTS) is 1. The Hall–Kier alpha value is -2.01. The maximum absolute atomic E-state index is 11.9. The third kappa shape index (κ3) is 4.49. The lowest BCUT2D eigenvalue weighted by molar-refractivity contribution is 0.0660. The van der Waals surface area contributed by atoms with Crippen molar-refractivity contribution in [1.82, 2.24) is 0 Å². The fraction of sp³-hybridized carbons (Fsp3) is 0.294. The molecule has 116 valence electrons. The molecule has 22 heavy (non-hydrogen) atoms. The number of hydrogen-bond donors (Lipinski definition) is 1. The van der Waals surface area contributed by atoms with Crippen molar-refractivity contribution in [2.75, 3.05) is 0 Å². The van der Waals surface area contributed by atoms with Crippen LogP contribution in [0.5, 0.6) is 0 Å². The lowest BCUT2D eigenvalue weighted by Crippen LogP contribution is -1.98. The van der Waals surface area contributed by atoms with E-state index >= 15 is 0 Å². The van der Waals surface area contributed by atoms with Gasteiger partial charge in [-0.15, -0.1) is 11.8 Å². The molecule has 5 heteroatoms. The number of ketones is 1. The van der Waals surface area contributed by atoms with Crippen molar-refractivity contribution in [3.63, 3.8) is 0 Å². The van der Waals surface area contributed by atoms with E-state index in [1.807, 2.05) is 24.3 Å². The maximum atomic E-state index is 11.9. The zero-order chi connectivity index (χ0) is 15.9. The number of furan rings is 1. The Morgan fingerprint density at radius 1 is 1.14 bits per heavy atom. The quantitative estimate of drug-likeness (QED) is 0.567. The minimum Gasteiger partial charge on any atom is -0.475 e. The van der Waals surface area contributed by atoms with Gasteiger partial charge in [0.05, 0.1) is 5.75 Å². The molecule has 2 aromatic rings. The Morgan fingerprint density at radius 2 is 1.86 bits per heavy atom. The lowest BCUT2D eigenvalue weighted by Gasteiger charge is -2.03. The summed E-state index contributed by atoms with van der Waals surface area (Å²) >= 11 is 1.54. The second kappa shape index (κ2) is 7.84. The Kier molecular flexibility index (Phi) is 5.83. The van der Waals surface area contributed by atoms with Crippen LogP contribution in [0.1, 0.15) is 52.9 Å². The molecule has 0 saturated heterocycles. The van der Waals surface area contributed by atoms with Gasteiger partial charge >= 0.3 is 5.97 Å². The predicted molar refractivity (Wildman–Crippen MR) is 85.5 cm³/mol. The third-order valence-electron chi connectivity index (χ3n) is 3.19. The Morgan fingerprint density at radius 3 is 2.45 bits per heavy atom. The van der Waals surface area contributed by atoms with Crippen LogP contribution in [0, 0.1) is 0 Å². The summed E-state index contributed by atoms with van der Waals surface area (Å²) in [6.45, 7) is 2.07. The van der Waals surface area contributed by atoms with Gasteiger partial charge in [-0.3, -0.25) is 4.79 Å². The predicted octanol–water partition coefficient (Wildman–Crippen LogP) is 4.64. The number of benzene rings is 1. The second-order valence-electron chi connectivity index (χ2n) is 4.91. The molecular weight excluding hydrogens is 300 g/mol. The SMILES string of the molecule is CCCCC(=O)c1ccc(SCc2ccc(C(=O)O)o2)cc1. The maximum Gasteiger partial charge on any atom is 0.371 e. The van der Waals surface area contributed by atoms with Crippen LogP contribution in [0.3, 0.4) is 0 Å². The summed E-state index contributed by atoms with van der Waals surface area (Å²) < 4.78 is 5.20. The molecule has 0 amide bonds. The molecule has 0 aliphatic heterocycles. The third-order valence-corrected chi connectivity index (χ3v) is 4.22. The number of Topliss-reactive ketones (excluding diaryl/α,β-unsaturated/α-hetero) is 1. The van der Waals surface area contributed by atoms with Crippen LogP contribution < -0.4 is 0 Å². The molecule has 0 bridgehead atoms. The van der Waals surface area contributed by atoms with E-state index in [9.17, 15) is 9.59 Å². The molecule has 0 radical (unpaired) electrons. The van der Waals surface area contributed by atoms with E-state index in [0.29, 0.717) is 17.9 Å². The van der Waals surface area contributed by atoms with Gasteiger partial charge in [-0.1, -0.05) is 25.5 Å². The molecule has 0 spiro atoms. The van der Waals surface area contributed by atoms with E-state index in [4.69, 9.17) is 9.52 Å². The van der Waals surface area contributed by atoms with Crippen LogP contribution in [-0.4, -0.2) is 16.9 Å². The molecule has 0 unspecified atom stereocenters. The molecule has 0 aliphatic carbocycles. The van der Waals surface area contributed by atoms with E-state index in [1.165, 1.54) is 17.8 Å². The van der Waals surface area contributed by atoms with Gasteiger partial charge in [-0.05, 0) is 30.7 Å². The molecule has 1 N–H and O–H groups in total. The summed E-state index contributed by atoms with van der Waals surface area (Å²) in [6, 6.07) is 10.6. The smallest absolute Gasteiger partial charge is 0.371 e. The number of carbonyl (C=O) groups is 2. The largest absolute Gasteiger partial charge is 0.475 e. The minimum atomic E-state index is -1.06.